The van der Waals surface area contributed by atoms with Crippen LogP contribution >= 0.6 is 11.6 Å². The number of ether oxygens (including phenoxy) is 1. The van der Waals surface area contributed by atoms with Gasteiger partial charge in [0.15, 0.2) is 5.75 Å². The van der Waals surface area contributed by atoms with E-state index in [1.165, 1.54) is 12.1 Å². The van der Waals surface area contributed by atoms with E-state index < -0.39 is 5.97 Å². The van der Waals surface area contributed by atoms with Crippen LogP contribution in [-0.4, -0.2) is 23.6 Å². The van der Waals surface area contributed by atoms with Crippen LogP contribution in [0.5, 0.6) is 5.75 Å². The Morgan fingerprint density at radius 2 is 2.25 bits per heavy atom. The molecule has 1 amide bonds. The summed E-state index contributed by atoms with van der Waals surface area (Å²) in [5.74, 6) is -1.21. The first-order chi connectivity index (χ1) is 7.58. The molecule has 5 nitrogen and oxygen atoms in total. The van der Waals surface area contributed by atoms with Crippen molar-refractivity contribution in [3.63, 3.8) is 0 Å². The number of aromatic carboxylic acids is 1. The van der Waals surface area contributed by atoms with E-state index >= 15 is 0 Å². The number of carboxylic acids is 1. The highest BCUT2D eigenvalue weighted by Crippen LogP contribution is 2.34. The van der Waals surface area contributed by atoms with Gasteiger partial charge in [-0.25, -0.2) is 4.79 Å². The number of hydrogen-bond donors (Lipinski definition) is 2. The number of benzene rings is 1. The quantitative estimate of drug-likeness (QED) is 0.786. The minimum absolute atomic E-state index is 0.0512. The van der Waals surface area contributed by atoms with Crippen LogP contribution in [0.1, 0.15) is 16.8 Å². The van der Waals surface area contributed by atoms with E-state index in [0.29, 0.717) is 5.69 Å². The van der Waals surface area contributed by atoms with E-state index in [-0.39, 0.29) is 35.3 Å². The Balaban J connectivity index is 2.57. The molecule has 1 aromatic rings. The Kier molecular flexibility index (Phi) is 2.70. The third-order valence-electron chi connectivity index (χ3n) is 2.13. The molecule has 16 heavy (non-hydrogen) atoms. The zero-order chi connectivity index (χ0) is 11.7. The number of anilines is 1. The molecule has 0 aliphatic carbocycles. The van der Waals surface area contributed by atoms with Crippen LogP contribution in [0.4, 0.5) is 5.69 Å². The smallest absolute Gasteiger partial charge is 0.339 e. The lowest BCUT2D eigenvalue weighted by Crippen LogP contribution is -2.10. The predicted molar refractivity (Wildman–Crippen MR) is 57.2 cm³/mol. The van der Waals surface area contributed by atoms with Gasteiger partial charge in [-0.3, -0.25) is 4.79 Å². The predicted octanol–water partition coefficient (Wildman–Crippen LogP) is 1.76. The number of halogens is 1. The molecule has 0 bridgehead atoms. The molecule has 0 radical (unpaired) electrons. The second-order valence-corrected chi connectivity index (χ2v) is 3.72. The topological polar surface area (TPSA) is 75.6 Å². The largest absolute Gasteiger partial charge is 0.490 e. The van der Waals surface area contributed by atoms with Gasteiger partial charge >= 0.3 is 5.97 Å². The molecule has 0 fully saturated rings. The van der Waals surface area contributed by atoms with Gasteiger partial charge in [0.1, 0.15) is 5.56 Å². The average Bonchev–Trinajstić information content (AvgIpc) is 2.37. The summed E-state index contributed by atoms with van der Waals surface area (Å²) in [5, 5.41) is 11.8. The number of carboxylic acid groups (broad SMARTS) is 1. The van der Waals surface area contributed by atoms with Gasteiger partial charge in [0, 0.05) is 5.02 Å². The summed E-state index contributed by atoms with van der Waals surface area (Å²) in [5.41, 5.74) is 0.247. The van der Waals surface area contributed by atoms with Crippen LogP contribution in [0.3, 0.4) is 0 Å². The van der Waals surface area contributed by atoms with E-state index in [9.17, 15) is 9.59 Å². The summed E-state index contributed by atoms with van der Waals surface area (Å²) >= 11 is 5.76. The zero-order valence-electron chi connectivity index (χ0n) is 8.12. The van der Waals surface area contributed by atoms with Gasteiger partial charge in [-0.1, -0.05) is 11.6 Å². The van der Waals surface area contributed by atoms with E-state index in [2.05, 4.69) is 5.32 Å². The second kappa shape index (κ2) is 4.02. The van der Waals surface area contributed by atoms with Crippen LogP contribution in [0.15, 0.2) is 12.1 Å². The summed E-state index contributed by atoms with van der Waals surface area (Å²) in [4.78, 5) is 22.2. The lowest BCUT2D eigenvalue weighted by Gasteiger charge is -2.10. The van der Waals surface area contributed by atoms with Crippen molar-refractivity contribution >= 4 is 29.2 Å². The second-order valence-electron chi connectivity index (χ2n) is 3.28. The van der Waals surface area contributed by atoms with Crippen LogP contribution in [0.25, 0.3) is 0 Å². The Hall–Kier alpha value is -1.75. The lowest BCUT2D eigenvalue weighted by atomic mass is 10.1. The van der Waals surface area contributed by atoms with Crippen molar-refractivity contribution in [1.82, 2.24) is 0 Å². The fourth-order valence-corrected chi connectivity index (χ4v) is 1.68. The summed E-state index contributed by atoms with van der Waals surface area (Å²) in [6, 6.07) is 2.76. The standard InChI is InChI=1S/C10H8ClNO4/c11-5-3-6(10(14)15)9-7(4-5)12-8(13)1-2-16-9/h3-4H,1-2H2,(H,12,13)(H,14,15). The molecule has 1 aliphatic rings. The molecule has 0 saturated heterocycles. The molecule has 1 aromatic carbocycles. The van der Waals surface area contributed by atoms with Crippen LogP contribution in [0, 0.1) is 0 Å². The monoisotopic (exact) mass is 241 g/mol. The van der Waals surface area contributed by atoms with Gasteiger partial charge in [0.25, 0.3) is 0 Å². The number of hydrogen-bond acceptors (Lipinski definition) is 3. The normalized spacial score (nSPS) is 14.4. The fourth-order valence-electron chi connectivity index (χ4n) is 1.46. The van der Waals surface area contributed by atoms with Crippen molar-refractivity contribution in [2.45, 2.75) is 6.42 Å². The Labute approximate surface area is 96.0 Å². The highest BCUT2D eigenvalue weighted by atomic mass is 35.5. The van der Waals surface area contributed by atoms with E-state index in [1.54, 1.807) is 0 Å². The summed E-state index contributed by atoms with van der Waals surface area (Å²) < 4.78 is 5.24. The van der Waals surface area contributed by atoms with Crippen molar-refractivity contribution in [3.8, 4) is 5.75 Å². The van der Waals surface area contributed by atoms with Gasteiger partial charge in [0.05, 0.1) is 18.7 Å². The molecular formula is C10H8ClNO4. The molecule has 0 saturated carbocycles. The molecule has 1 heterocycles. The van der Waals surface area contributed by atoms with Crippen LogP contribution < -0.4 is 10.1 Å². The Morgan fingerprint density at radius 3 is 2.94 bits per heavy atom. The number of amides is 1. The molecule has 0 unspecified atom stereocenters. The molecule has 2 N–H and O–H groups in total. The van der Waals surface area contributed by atoms with E-state index in [0.717, 1.165) is 0 Å². The first-order valence-electron chi connectivity index (χ1n) is 4.57. The fraction of sp³-hybridized carbons (Fsp3) is 0.200. The minimum atomic E-state index is -1.14. The highest BCUT2D eigenvalue weighted by molar-refractivity contribution is 6.31. The summed E-state index contributed by atoms with van der Waals surface area (Å²) in [6.07, 6.45) is 0.186. The maximum absolute atomic E-state index is 11.3. The number of fused-ring (bicyclic) bond motifs is 1. The van der Waals surface area contributed by atoms with Crippen molar-refractivity contribution in [2.24, 2.45) is 0 Å². The Morgan fingerprint density at radius 1 is 1.50 bits per heavy atom. The molecule has 1 aliphatic heterocycles. The number of nitrogens with one attached hydrogen (secondary N) is 1. The first-order valence-corrected chi connectivity index (χ1v) is 4.95. The highest BCUT2D eigenvalue weighted by Gasteiger charge is 2.21. The van der Waals surface area contributed by atoms with Crippen LogP contribution in [0.2, 0.25) is 5.02 Å². The van der Waals surface area contributed by atoms with Crippen molar-refractivity contribution < 1.29 is 19.4 Å². The molecule has 0 atom stereocenters. The minimum Gasteiger partial charge on any atom is -0.490 e. The van der Waals surface area contributed by atoms with Gasteiger partial charge < -0.3 is 15.2 Å². The van der Waals surface area contributed by atoms with Crippen molar-refractivity contribution in [2.75, 3.05) is 11.9 Å². The van der Waals surface area contributed by atoms with Crippen molar-refractivity contribution in [1.29, 1.82) is 0 Å². The van der Waals surface area contributed by atoms with Gasteiger partial charge in [-0.05, 0) is 12.1 Å². The maximum Gasteiger partial charge on any atom is 0.339 e. The summed E-state index contributed by atoms with van der Waals surface area (Å²) in [6.45, 7) is 0.154. The summed E-state index contributed by atoms with van der Waals surface area (Å²) in [7, 11) is 0. The molecular weight excluding hydrogens is 234 g/mol. The molecule has 0 spiro atoms. The average molecular weight is 242 g/mol. The van der Waals surface area contributed by atoms with E-state index in [4.69, 9.17) is 21.4 Å². The molecule has 6 heteroatoms. The van der Waals surface area contributed by atoms with Crippen molar-refractivity contribution in [3.05, 3.63) is 22.7 Å². The Bertz CT molecular complexity index is 472. The van der Waals surface area contributed by atoms with Gasteiger partial charge in [-0.15, -0.1) is 0 Å². The zero-order valence-corrected chi connectivity index (χ0v) is 8.87. The van der Waals surface area contributed by atoms with Crippen LogP contribution in [-0.2, 0) is 4.79 Å². The van der Waals surface area contributed by atoms with E-state index in [1.807, 2.05) is 0 Å². The third kappa shape index (κ3) is 1.94. The molecule has 2 rings (SSSR count). The maximum atomic E-state index is 11.3. The number of carbonyl (C=O) groups excluding carboxylic acids is 1. The van der Waals surface area contributed by atoms with Gasteiger partial charge in [-0.2, -0.15) is 0 Å². The molecule has 0 aromatic heterocycles. The first kappa shape index (κ1) is 10.8. The number of rotatable bonds is 1. The lowest BCUT2D eigenvalue weighted by molar-refractivity contribution is -0.116. The number of carbonyl (C=O) groups is 2. The van der Waals surface area contributed by atoms with Gasteiger partial charge in [0.2, 0.25) is 5.91 Å². The SMILES string of the molecule is O=C1CCOc2c(cc(Cl)cc2C(=O)O)N1. The molecule has 84 valence electrons. The third-order valence-corrected chi connectivity index (χ3v) is 2.35.